The summed E-state index contributed by atoms with van der Waals surface area (Å²) in [7, 11) is 1.90. The van der Waals surface area contributed by atoms with Gasteiger partial charge in [0.1, 0.15) is 6.61 Å². The third-order valence-electron chi connectivity index (χ3n) is 4.83. The van der Waals surface area contributed by atoms with Gasteiger partial charge in [0, 0.05) is 19.0 Å². The number of phenols is 1. The van der Waals surface area contributed by atoms with Crippen molar-refractivity contribution in [2.45, 2.75) is 6.42 Å². The monoisotopic (exact) mass is 324 g/mol. The molecule has 24 heavy (non-hydrogen) atoms. The molecule has 1 saturated heterocycles. The van der Waals surface area contributed by atoms with Gasteiger partial charge < -0.3 is 14.4 Å². The van der Waals surface area contributed by atoms with E-state index in [9.17, 15) is 9.90 Å². The normalized spacial score (nSPS) is 14.9. The van der Waals surface area contributed by atoms with Gasteiger partial charge in [-0.3, -0.25) is 9.69 Å². The number of phenolic OH excluding ortho intramolecular Hbond substituents is 1. The number of ether oxygens (including phenoxy) is 1. The van der Waals surface area contributed by atoms with Gasteiger partial charge >= 0.3 is 0 Å². The number of benzene rings is 2. The Morgan fingerprint density at radius 3 is 2.67 bits per heavy atom. The number of likely N-dealkylation sites (tertiary alicyclic amines) is 1. The van der Waals surface area contributed by atoms with Crippen LogP contribution in [0, 0.1) is 0 Å². The topological polar surface area (TPSA) is 54.7 Å². The van der Waals surface area contributed by atoms with Crippen LogP contribution in [0.25, 0.3) is 21.8 Å². The van der Waals surface area contributed by atoms with Crippen LogP contribution in [0.2, 0.25) is 0 Å². The van der Waals surface area contributed by atoms with E-state index in [1.54, 1.807) is 12.1 Å². The lowest BCUT2D eigenvalue weighted by atomic mass is 10.1. The van der Waals surface area contributed by atoms with Crippen LogP contribution < -0.4 is 10.2 Å². The van der Waals surface area contributed by atoms with Crippen molar-refractivity contribution in [3.05, 3.63) is 46.6 Å². The summed E-state index contributed by atoms with van der Waals surface area (Å²) in [5, 5.41) is 11.5. The number of fused-ring (bicyclic) bond motifs is 2. The van der Waals surface area contributed by atoms with Gasteiger partial charge in [0.15, 0.2) is 11.5 Å². The van der Waals surface area contributed by atoms with Gasteiger partial charge in [-0.1, -0.05) is 12.1 Å². The Kier molecular flexibility index (Phi) is 3.65. The molecule has 2 heterocycles. The molecule has 1 fully saturated rings. The Labute approximate surface area is 139 Å². The standard InChI is InChI=1S/C19H20N2O3/c1-20-14-6-3-2-5-13(14)18(22)17-15(20)7-8-16(19(17)23)24-12-11-21-9-4-10-21/h2-3,5-8,23H,4,9-12H2,1H3. The first-order chi connectivity index (χ1) is 11.7. The Bertz CT molecular complexity index is 974. The molecule has 4 rings (SSSR count). The fourth-order valence-corrected chi connectivity index (χ4v) is 3.29. The second kappa shape index (κ2) is 5.83. The summed E-state index contributed by atoms with van der Waals surface area (Å²) >= 11 is 0. The SMILES string of the molecule is Cn1c2ccccc2c(=O)c2c(O)c(OCCN3CCC3)ccc21. The molecule has 0 spiro atoms. The van der Waals surface area contributed by atoms with E-state index in [-0.39, 0.29) is 11.2 Å². The number of pyridine rings is 1. The molecule has 124 valence electrons. The molecule has 5 nitrogen and oxygen atoms in total. The molecule has 1 aliphatic rings. The molecule has 0 saturated carbocycles. The summed E-state index contributed by atoms with van der Waals surface area (Å²) < 4.78 is 7.64. The zero-order chi connectivity index (χ0) is 16.7. The highest BCUT2D eigenvalue weighted by molar-refractivity contribution is 5.97. The summed E-state index contributed by atoms with van der Waals surface area (Å²) in [6.07, 6.45) is 1.24. The molecule has 0 amide bonds. The van der Waals surface area contributed by atoms with Crippen molar-refractivity contribution in [1.82, 2.24) is 9.47 Å². The number of nitrogens with zero attached hydrogens (tertiary/aromatic N) is 2. The van der Waals surface area contributed by atoms with Crippen molar-refractivity contribution in [2.75, 3.05) is 26.2 Å². The van der Waals surface area contributed by atoms with Crippen LogP contribution >= 0.6 is 0 Å². The summed E-state index contributed by atoms with van der Waals surface area (Å²) in [6.45, 7) is 3.57. The van der Waals surface area contributed by atoms with Gasteiger partial charge in [-0.2, -0.15) is 0 Å². The molecule has 5 heteroatoms. The number of aromatic nitrogens is 1. The van der Waals surface area contributed by atoms with Crippen molar-refractivity contribution >= 4 is 21.8 Å². The zero-order valence-electron chi connectivity index (χ0n) is 13.7. The average molecular weight is 324 g/mol. The van der Waals surface area contributed by atoms with Gasteiger partial charge in [-0.25, -0.2) is 0 Å². The van der Waals surface area contributed by atoms with E-state index < -0.39 is 0 Å². The molecule has 0 radical (unpaired) electrons. The molecule has 0 aliphatic carbocycles. The minimum Gasteiger partial charge on any atom is -0.504 e. The Hall–Kier alpha value is -2.53. The van der Waals surface area contributed by atoms with Crippen LogP contribution in [-0.2, 0) is 7.05 Å². The first kappa shape index (κ1) is 15.0. The van der Waals surface area contributed by atoms with Crippen molar-refractivity contribution < 1.29 is 9.84 Å². The lowest BCUT2D eigenvalue weighted by molar-refractivity contribution is 0.145. The van der Waals surface area contributed by atoms with Crippen LogP contribution in [0.1, 0.15) is 6.42 Å². The Balaban J connectivity index is 1.78. The number of aromatic hydroxyl groups is 1. The number of para-hydroxylation sites is 1. The third kappa shape index (κ3) is 2.32. The van der Waals surface area contributed by atoms with Crippen LogP contribution in [-0.4, -0.2) is 40.8 Å². The molecule has 1 N–H and O–H groups in total. The van der Waals surface area contributed by atoms with Crippen LogP contribution in [0.15, 0.2) is 41.2 Å². The smallest absolute Gasteiger partial charge is 0.201 e. The van der Waals surface area contributed by atoms with Gasteiger partial charge in [0.2, 0.25) is 5.43 Å². The Morgan fingerprint density at radius 1 is 1.12 bits per heavy atom. The molecule has 0 bridgehead atoms. The number of hydrogen-bond acceptors (Lipinski definition) is 4. The molecule has 0 atom stereocenters. The van der Waals surface area contributed by atoms with Crippen LogP contribution in [0.5, 0.6) is 11.5 Å². The van der Waals surface area contributed by atoms with E-state index in [1.165, 1.54) is 6.42 Å². The predicted molar refractivity (Wildman–Crippen MR) is 94.9 cm³/mol. The van der Waals surface area contributed by atoms with E-state index >= 15 is 0 Å². The van der Waals surface area contributed by atoms with E-state index in [4.69, 9.17) is 4.74 Å². The number of hydrogen-bond donors (Lipinski definition) is 1. The quantitative estimate of drug-likeness (QED) is 0.749. The highest BCUT2D eigenvalue weighted by atomic mass is 16.5. The summed E-state index contributed by atoms with van der Waals surface area (Å²) in [6, 6.07) is 11.0. The fourth-order valence-electron chi connectivity index (χ4n) is 3.29. The van der Waals surface area contributed by atoms with E-state index in [2.05, 4.69) is 4.90 Å². The third-order valence-corrected chi connectivity index (χ3v) is 4.83. The molecular weight excluding hydrogens is 304 g/mol. The van der Waals surface area contributed by atoms with Crippen LogP contribution in [0.3, 0.4) is 0 Å². The van der Waals surface area contributed by atoms with Gasteiger partial charge in [-0.05, 0) is 43.8 Å². The number of rotatable bonds is 4. The van der Waals surface area contributed by atoms with E-state index in [1.807, 2.05) is 35.9 Å². The zero-order valence-corrected chi connectivity index (χ0v) is 13.7. The highest BCUT2D eigenvalue weighted by Gasteiger charge is 2.17. The van der Waals surface area contributed by atoms with E-state index in [0.29, 0.717) is 28.6 Å². The van der Waals surface area contributed by atoms with Crippen molar-refractivity contribution in [2.24, 2.45) is 7.05 Å². The molecule has 1 aromatic heterocycles. The summed E-state index contributed by atoms with van der Waals surface area (Å²) in [4.78, 5) is 15.1. The fraction of sp³-hybridized carbons (Fsp3) is 0.316. The van der Waals surface area contributed by atoms with Gasteiger partial charge in [-0.15, -0.1) is 0 Å². The number of aryl methyl sites for hydroxylation is 1. The van der Waals surface area contributed by atoms with Crippen molar-refractivity contribution in [3.63, 3.8) is 0 Å². The van der Waals surface area contributed by atoms with Crippen molar-refractivity contribution in [1.29, 1.82) is 0 Å². The maximum Gasteiger partial charge on any atom is 0.201 e. The highest BCUT2D eigenvalue weighted by Crippen LogP contribution is 2.33. The molecule has 2 aromatic carbocycles. The predicted octanol–water partition coefficient (Wildman–Crippen LogP) is 2.48. The largest absolute Gasteiger partial charge is 0.504 e. The van der Waals surface area contributed by atoms with Crippen molar-refractivity contribution in [3.8, 4) is 11.5 Å². The van der Waals surface area contributed by atoms with Crippen LogP contribution in [0.4, 0.5) is 0 Å². The molecule has 1 aliphatic heterocycles. The lowest BCUT2D eigenvalue weighted by Crippen LogP contribution is -2.39. The second-order valence-electron chi connectivity index (χ2n) is 6.26. The average Bonchev–Trinajstić information content (AvgIpc) is 2.56. The molecule has 0 unspecified atom stereocenters. The first-order valence-corrected chi connectivity index (χ1v) is 8.25. The minimum absolute atomic E-state index is 0.0672. The second-order valence-corrected chi connectivity index (χ2v) is 6.26. The maximum atomic E-state index is 12.8. The lowest BCUT2D eigenvalue weighted by Gasteiger charge is -2.30. The van der Waals surface area contributed by atoms with E-state index in [0.717, 1.165) is 25.2 Å². The summed E-state index contributed by atoms with van der Waals surface area (Å²) in [5.41, 5.74) is 1.39. The van der Waals surface area contributed by atoms with Gasteiger partial charge in [0.05, 0.1) is 16.4 Å². The first-order valence-electron chi connectivity index (χ1n) is 8.25. The Morgan fingerprint density at radius 2 is 1.92 bits per heavy atom. The maximum absolute atomic E-state index is 12.8. The molecule has 3 aromatic rings. The summed E-state index contributed by atoms with van der Waals surface area (Å²) in [5.74, 6) is 0.304. The van der Waals surface area contributed by atoms with Gasteiger partial charge in [0.25, 0.3) is 0 Å². The molecular formula is C19H20N2O3. The minimum atomic E-state index is -0.163.